The molecule has 0 amide bonds. The van der Waals surface area contributed by atoms with E-state index in [4.69, 9.17) is 11.6 Å². The van der Waals surface area contributed by atoms with Gasteiger partial charge in [-0.2, -0.15) is 0 Å². The molecule has 0 radical (unpaired) electrons. The first-order valence-corrected chi connectivity index (χ1v) is 8.59. The Kier molecular flexibility index (Phi) is 6.22. The lowest BCUT2D eigenvalue weighted by Gasteiger charge is -2.17. The van der Waals surface area contributed by atoms with E-state index in [-0.39, 0.29) is 16.9 Å². The monoisotopic (exact) mass is 325 g/mol. The Morgan fingerprint density at radius 3 is 2.67 bits per heavy atom. The van der Waals surface area contributed by atoms with E-state index in [9.17, 15) is 4.39 Å². The molecule has 0 fully saturated rings. The van der Waals surface area contributed by atoms with Gasteiger partial charge in [-0.15, -0.1) is 11.3 Å². The zero-order valence-corrected chi connectivity index (χ0v) is 14.0. The maximum absolute atomic E-state index is 13.3. The molecule has 114 valence electrons. The summed E-state index contributed by atoms with van der Waals surface area (Å²) in [5, 5.41) is 3.78. The number of hydrogen-bond donors (Lipinski definition) is 1. The van der Waals surface area contributed by atoms with Crippen LogP contribution in [0.2, 0.25) is 5.02 Å². The highest BCUT2D eigenvalue weighted by Gasteiger charge is 2.14. The third-order valence-corrected chi connectivity index (χ3v) is 5.07. The predicted octanol–water partition coefficient (Wildman–Crippen LogP) is 5.39. The molecule has 0 aliphatic rings. The van der Waals surface area contributed by atoms with Crippen molar-refractivity contribution in [2.75, 3.05) is 6.54 Å². The molecule has 0 saturated heterocycles. The highest BCUT2D eigenvalue weighted by molar-refractivity contribution is 7.12. The van der Waals surface area contributed by atoms with Gasteiger partial charge in [0.15, 0.2) is 0 Å². The number of benzene rings is 1. The molecule has 1 nitrogen and oxygen atoms in total. The summed E-state index contributed by atoms with van der Waals surface area (Å²) in [6.07, 6.45) is 2.98. The number of hydrogen-bond acceptors (Lipinski definition) is 2. The van der Waals surface area contributed by atoms with Gasteiger partial charge in [-0.3, -0.25) is 0 Å². The van der Waals surface area contributed by atoms with Crippen LogP contribution in [0.4, 0.5) is 4.39 Å². The Morgan fingerprint density at radius 2 is 2.05 bits per heavy atom. The summed E-state index contributed by atoms with van der Waals surface area (Å²) in [7, 11) is 0. The maximum Gasteiger partial charge on any atom is 0.141 e. The molecule has 0 saturated carbocycles. The molecule has 2 rings (SSSR count). The summed E-state index contributed by atoms with van der Waals surface area (Å²) in [6, 6.07) is 9.64. The number of nitrogens with one attached hydrogen (secondary N) is 1. The molecule has 1 unspecified atom stereocenters. The largest absolute Gasteiger partial charge is 0.309 e. The second kappa shape index (κ2) is 7.92. The lowest BCUT2D eigenvalue weighted by molar-refractivity contribution is 0.536. The second-order valence-electron chi connectivity index (χ2n) is 5.12. The van der Waals surface area contributed by atoms with Crippen molar-refractivity contribution in [3.05, 3.63) is 56.5 Å². The van der Waals surface area contributed by atoms with Crippen molar-refractivity contribution in [1.29, 1.82) is 0 Å². The third kappa shape index (κ3) is 4.53. The lowest BCUT2D eigenvalue weighted by Crippen LogP contribution is -2.23. The average molecular weight is 326 g/mol. The van der Waals surface area contributed by atoms with Gasteiger partial charge < -0.3 is 5.32 Å². The smallest absolute Gasteiger partial charge is 0.141 e. The molecular formula is C17H21ClFNS. The van der Waals surface area contributed by atoms with Crippen molar-refractivity contribution >= 4 is 22.9 Å². The molecule has 1 atom stereocenters. The molecule has 0 spiro atoms. The van der Waals surface area contributed by atoms with Crippen molar-refractivity contribution in [2.24, 2.45) is 0 Å². The van der Waals surface area contributed by atoms with E-state index in [1.165, 1.54) is 15.8 Å². The molecule has 21 heavy (non-hydrogen) atoms. The van der Waals surface area contributed by atoms with E-state index >= 15 is 0 Å². The summed E-state index contributed by atoms with van der Waals surface area (Å²) in [4.78, 5) is 2.73. The second-order valence-corrected chi connectivity index (χ2v) is 6.72. The lowest BCUT2D eigenvalue weighted by atomic mass is 10.0. The summed E-state index contributed by atoms with van der Waals surface area (Å²) in [6.45, 7) is 5.30. The van der Waals surface area contributed by atoms with E-state index in [0.717, 1.165) is 31.4 Å². The zero-order chi connectivity index (χ0) is 15.2. The van der Waals surface area contributed by atoms with E-state index in [0.29, 0.717) is 0 Å². The Hall–Kier alpha value is -0.900. The summed E-state index contributed by atoms with van der Waals surface area (Å²) in [5.74, 6) is -0.358. The average Bonchev–Trinajstić information content (AvgIpc) is 2.96. The standard InChI is InChI=1S/C17H21ClFNS/c1-3-9-20-16(17-8-6-13(4-2)21-17)11-12-5-7-15(19)14(18)10-12/h5-8,10,16,20H,3-4,9,11H2,1-2H3. The van der Waals surface area contributed by atoms with Crippen LogP contribution in [0.25, 0.3) is 0 Å². The number of rotatable bonds is 7. The molecule has 1 aromatic carbocycles. The van der Waals surface area contributed by atoms with Gasteiger partial charge in [0.05, 0.1) is 5.02 Å². The van der Waals surface area contributed by atoms with E-state index < -0.39 is 0 Å². The van der Waals surface area contributed by atoms with Crippen molar-refractivity contribution in [3.63, 3.8) is 0 Å². The highest BCUT2D eigenvalue weighted by Crippen LogP contribution is 2.27. The molecule has 0 aliphatic heterocycles. The van der Waals surface area contributed by atoms with Crippen LogP contribution in [0.15, 0.2) is 30.3 Å². The molecule has 0 aliphatic carbocycles. The van der Waals surface area contributed by atoms with E-state index in [1.807, 2.05) is 17.4 Å². The highest BCUT2D eigenvalue weighted by atomic mass is 35.5. The maximum atomic E-state index is 13.3. The SMILES string of the molecule is CCCNC(Cc1ccc(F)c(Cl)c1)c1ccc(CC)s1. The van der Waals surface area contributed by atoms with Crippen LogP contribution in [0.5, 0.6) is 0 Å². The van der Waals surface area contributed by atoms with Gasteiger partial charge in [-0.25, -0.2) is 4.39 Å². The molecular weight excluding hydrogens is 305 g/mol. The first-order valence-electron chi connectivity index (χ1n) is 7.40. The summed E-state index contributed by atoms with van der Waals surface area (Å²) in [5.41, 5.74) is 1.06. The van der Waals surface area contributed by atoms with Crippen molar-refractivity contribution < 1.29 is 4.39 Å². The van der Waals surface area contributed by atoms with Crippen molar-refractivity contribution in [3.8, 4) is 0 Å². The Bertz CT molecular complexity index is 582. The minimum atomic E-state index is -0.358. The first kappa shape index (κ1) is 16.5. The fraction of sp³-hybridized carbons (Fsp3) is 0.412. The van der Waals surface area contributed by atoms with Crippen LogP contribution in [0.1, 0.15) is 41.6 Å². The molecule has 2 aromatic rings. The molecule has 1 N–H and O–H groups in total. The fourth-order valence-electron chi connectivity index (χ4n) is 2.27. The summed E-state index contributed by atoms with van der Waals surface area (Å²) >= 11 is 7.73. The molecule has 1 aromatic heterocycles. The van der Waals surface area contributed by atoms with Gasteiger partial charge in [-0.1, -0.05) is 31.5 Å². The number of halogens is 2. The van der Waals surface area contributed by atoms with Gasteiger partial charge >= 0.3 is 0 Å². The van der Waals surface area contributed by atoms with Crippen molar-refractivity contribution in [1.82, 2.24) is 5.32 Å². The Balaban J connectivity index is 2.17. The minimum absolute atomic E-state index is 0.196. The fourth-order valence-corrected chi connectivity index (χ4v) is 3.50. The van der Waals surface area contributed by atoms with Crippen LogP contribution in [0, 0.1) is 5.82 Å². The normalized spacial score (nSPS) is 12.6. The Labute approximate surface area is 135 Å². The van der Waals surface area contributed by atoms with Gasteiger partial charge in [0.1, 0.15) is 5.82 Å². The van der Waals surface area contributed by atoms with E-state index in [1.54, 1.807) is 6.07 Å². The van der Waals surface area contributed by atoms with Gasteiger partial charge in [-0.05, 0) is 55.6 Å². The van der Waals surface area contributed by atoms with Gasteiger partial charge in [0, 0.05) is 15.8 Å². The first-order chi connectivity index (χ1) is 10.1. The van der Waals surface area contributed by atoms with E-state index in [2.05, 4.69) is 31.3 Å². The van der Waals surface area contributed by atoms with Crippen LogP contribution < -0.4 is 5.32 Å². The van der Waals surface area contributed by atoms with Crippen LogP contribution in [-0.2, 0) is 12.8 Å². The zero-order valence-electron chi connectivity index (χ0n) is 12.5. The van der Waals surface area contributed by atoms with Crippen LogP contribution in [-0.4, -0.2) is 6.54 Å². The predicted molar refractivity (Wildman–Crippen MR) is 89.8 cm³/mol. The third-order valence-electron chi connectivity index (χ3n) is 3.44. The molecule has 0 bridgehead atoms. The molecule has 1 heterocycles. The van der Waals surface area contributed by atoms with Crippen molar-refractivity contribution in [2.45, 2.75) is 39.2 Å². The minimum Gasteiger partial charge on any atom is -0.309 e. The van der Waals surface area contributed by atoms with Gasteiger partial charge in [0.2, 0.25) is 0 Å². The van der Waals surface area contributed by atoms with Gasteiger partial charge in [0.25, 0.3) is 0 Å². The van der Waals surface area contributed by atoms with Crippen LogP contribution >= 0.6 is 22.9 Å². The van der Waals surface area contributed by atoms with Crippen LogP contribution in [0.3, 0.4) is 0 Å². The quantitative estimate of drug-likeness (QED) is 0.720. The summed E-state index contributed by atoms with van der Waals surface area (Å²) < 4.78 is 13.3. The molecule has 4 heteroatoms. The number of aryl methyl sites for hydroxylation is 1. The number of thiophene rings is 1. The topological polar surface area (TPSA) is 12.0 Å². The Morgan fingerprint density at radius 1 is 1.24 bits per heavy atom.